The van der Waals surface area contributed by atoms with E-state index < -0.39 is 0 Å². The molecule has 0 spiro atoms. The van der Waals surface area contributed by atoms with Gasteiger partial charge in [-0.15, -0.1) is 11.3 Å². The molecule has 1 aliphatic rings. The van der Waals surface area contributed by atoms with E-state index in [1.165, 1.54) is 36.3 Å². The minimum Gasteiger partial charge on any atom is -0.350 e. The average molecular weight is 342 g/mol. The third-order valence-corrected chi connectivity index (χ3v) is 5.47. The highest BCUT2D eigenvalue weighted by Crippen LogP contribution is 2.36. The van der Waals surface area contributed by atoms with Gasteiger partial charge in [-0.1, -0.05) is 22.0 Å². The summed E-state index contributed by atoms with van der Waals surface area (Å²) in [5, 5.41) is 3.84. The quantitative estimate of drug-likeness (QED) is 0.838. The Bertz CT molecular complexity index is 623. The van der Waals surface area contributed by atoms with Gasteiger partial charge in [0.2, 0.25) is 0 Å². The smallest absolute Gasteiger partial charge is 0.261 e. The van der Waals surface area contributed by atoms with Crippen LogP contribution in [-0.4, -0.2) is 17.3 Å². The van der Waals surface area contributed by atoms with Gasteiger partial charge < -0.3 is 5.32 Å². The van der Waals surface area contributed by atoms with Crippen molar-refractivity contribution in [2.45, 2.75) is 17.7 Å². The molecule has 1 atom stereocenters. The van der Waals surface area contributed by atoms with Crippen molar-refractivity contribution in [3.8, 4) is 0 Å². The topological polar surface area (TPSA) is 29.1 Å². The summed E-state index contributed by atoms with van der Waals surface area (Å²) in [7, 11) is 0. The number of amides is 1. The molecule has 1 saturated carbocycles. The van der Waals surface area contributed by atoms with E-state index in [1.807, 2.05) is 6.07 Å². The Morgan fingerprint density at radius 1 is 1.47 bits per heavy atom. The summed E-state index contributed by atoms with van der Waals surface area (Å²) >= 11 is 4.92. The Hall–Kier alpha value is -0.940. The predicted octanol–water partition coefficient (Wildman–Crippen LogP) is 3.94. The molecule has 1 fully saturated rings. The zero-order valence-corrected chi connectivity index (χ0v) is 12.6. The van der Waals surface area contributed by atoms with Crippen molar-refractivity contribution in [1.82, 2.24) is 5.32 Å². The fourth-order valence-corrected chi connectivity index (χ4v) is 3.71. The Morgan fingerprint density at radius 3 is 3.00 bits per heavy atom. The van der Waals surface area contributed by atoms with Crippen molar-refractivity contribution in [2.75, 3.05) is 6.54 Å². The van der Waals surface area contributed by atoms with Gasteiger partial charge in [0.1, 0.15) is 5.82 Å². The fourth-order valence-electron chi connectivity index (χ4n) is 2.02. The highest BCUT2D eigenvalue weighted by Gasteiger charge is 2.29. The number of fused-ring (bicyclic) bond motifs is 1. The molecule has 0 radical (unpaired) electrons. The van der Waals surface area contributed by atoms with Gasteiger partial charge >= 0.3 is 0 Å². The van der Waals surface area contributed by atoms with Gasteiger partial charge in [0, 0.05) is 16.1 Å². The number of thiophene rings is 1. The van der Waals surface area contributed by atoms with Crippen LogP contribution < -0.4 is 5.32 Å². The first-order chi connectivity index (χ1) is 9.13. The molecule has 1 aromatic carbocycles. The molecule has 5 heteroatoms. The molecule has 1 aliphatic carbocycles. The Balaban J connectivity index is 1.70. The summed E-state index contributed by atoms with van der Waals surface area (Å²) in [6, 6.07) is 6.40. The van der Waals surface area contributed by atoms with E-state index in [1.54, 1.807) is 6.07 Å². The number of alkyl halides is 1. The monoisotopic (exact) mass is 341 g/mol. The van der Waals surface area contributed by atoms with Crippen LogP contribution in [0.4, 0.5) is 4.39 Å². The molecule has 3 rings (SSSR count). The lowest BCUT2D eigenvalue weighted by Gasteiger charge is -2.08. The molecule has 2 nitrogen and oxygen atoms in total. The van der Waals surface area contributed by atoms with Gasteiger partial charge in [0.05, 0.1) is 4.88 Å². The van der Waals surface area contributed by atoms with E-state index in [4.69, 9.17) is 0 Å². The van der Waals surface area contributed by atoms with E-state index in [0.29, 0.717) is 22.2 Å². The minimum atomic E-state index is -0.268. The van der Waals surface area contributed by atoms with Crippen LogP contribution >= 0.6 is 27.3 Å². The lowest BCUT2D eigenvalue weighted by atomic mass is 10.2. The van der Waals surface area contributed by atoms with Crippen LogP contribution in [0.15, 0.2) is 24.3 Å². The largest absolute Gasteiger partial charge is 0.350 e. The van der Waals surface area contributed by atoms with Gasteiger partial charge in [0.25, 0.3) is 5.91 Å². The first kappa shape index (κ1) is 13.1. The van der Waals surface area contributed by atoms with Gasteiger partial charge in [0.15, 0.2) is 0 Å². The first-order valence-corrected chi connectivity index (χ1v) is 7.98. The average Bonchev–Trinajstić information content (AvgIpc) is 3.15. The molecule has 1 aromatic heterocycles. The minimum absolute atomic E-state index is 0.0771. The van der Waals surface area contributed by atoms with Crippen LogP contribution in [0.25, 0.3) is 10.1 Å². The lowest BCUT2D eigenvalue weighted by Crippen LogP contribution is -2.29. The first-order valence-electron chi connectivity index (χ1n) is 6.25. The van der Waals surface area contributed by atoms with E-state index in [0.717, 1.165) is 10.1 Å². The van der Waals surface area contributed by atoms with Crippen molar-refractivity contribution < 1.29 is 9.18 Å². The number of carbonyl (C=O) groups excluding carboxylic acids is 1. The highest BCUT2D eigenvalue weighted by atomic mass is 79.9. The normalized spacial score (nSPS) is 16.5. The molecule has 1 amide bonds. The fraction of sp³-hybridized carbons (Fsp3) is 0.357. The molecule has 1 N–H and O–H groups in total. The van der Waals surface area contributed by atoms with Crippen LogP contribution in [0.5, 0.6) is 0 Å². The number of carbonyl (C=O) groups is 1. The van der Waals surface area contributed by atoms with Crippen molar-refractivity contribution in [3.05, 3.63) is 35.0 Å². The summed E-state index contributed by atoms with van der Waals surface area (Å²) in [4.78, 5) is 13.0. The summed E-state index contributed by atoms with van der Waals surface area (Å²) in [5.74, 6) is 0.360. The van der Waals surface area contributed by atoms with E-state index in [-0.39, 0.29) is 11.7 Å². The SMILES string of the molecule is O=C(NCC(Br)C1CC1)c1cc2ccc(F)cc2s1. The highest BCUT2D eigenvalue weighted by molar-refractivity contribution is 9.09. The molecular weight excluding hydrogens is 329 g/mol. The van der Waals surface area contributed by atoms with Crippen LogP contribution in [0.1, 0.15) is 22.5 Å². The molecule has 0 bridgehead atoms. The van der Waals surface area contributed by atoms with Crippen molar-refractivity contribution in [3.63, 3.8) is 0 Å². The Labute approximate surface area is 123 Å². The van der Waals surface area contributed by atoms with Gasteiger partial charge in [-0.25, -0.2) is 4.39 Å². The van der Waals surface area contributed by atoms with Crippen LogP contribution in [0.3, 0.4) is 0 Å². The maximum absolute atomic E-state index is 13.1. The van der Waals surface area contributed by atoms with Gasteiger partial charge in [-0.2, -0.15) is 0 Å². The predicted molar refractivity (Wildman–Crippen MR) is 79.6 cm³/mol. The van der Waals surface area contributed by atoms with Crippen LogP contribution in [-0.2, 0) is 0 Å². The number of hydrogen-bond acceptors (Lipinski definition) is 2. The second kappa shape index (κ2) is 5.21. The number of benzene rings is 1. The molecule has 100 valence electrons. The standard InChI is InChI=1S/C14H13BrFNOS/c15-11(8-1-2-8)7-17-14(18)13-5-9-3-4-10(16)6-12(9)19-13/h3-6,8,11H,1-2,7H2,(H,17,18). The van der Waals surface area contributed by atoms with Gasteiger partial charge in [-0.05, 0) is 42.3 Å². The summed E-state index contributed by atoms with van der Waals surface area (Å²) in [6.45, 7) is 0.645. The van der Waals surface area contributed by atoms with Crippen LogP contribution in [0, 0.1) is 11.7 Å². The molecule has 19 heavy (non-hydrogen) atoms. The zero-order valence-electron chi connectivity index (χ0n) is 10.2. The molecule has 1 heterocycles. The molecule has 2 aromatic rings. The summed E-state index contributed by atoms with van der Waals surface area (Å²) < 4.78 is 13.9. The van der Waals surface area contributed by atoms with E-state index in [2.05, 4.69) is 21.2 Å². The number of nitrogens with one attached hydrogen (secondary N) is 1. The van der Waals surface area contributed by atoms with Crippen molar-refractivity contribution >= 4 is 43.3 Å². The summed E-state index contributed by atoms with van der Waals surface area (Å²) in [5.41, 5.74) is 0. The zero-order chi connectivity index (χ0) is 13.4. The second-order valence-corrected chi connectivity index (χ2v) is 7.12. The Morgan fingerprint density at radius 2 is 2.26 bits per heavy atom. The summed E-state index contributed by atoms with van der Waals surface area (Å²) in [6.07, 6.45) is 2.49. The number of halogens is 2. The Kier molecular flexibility index (Phi) is 3.58. The van der Waals surface area contributed by atoms with Crippen molar-refractivity contribution in [2.24, 2.45) is 5.92 Å². The number of rotatable bonds is 4. The van der Waals surface area contributed by atoms with Gasteiger partial charge in [-0.3, -0.25) is 4.79 Å². The maximum atomic E-state index is 13.1. The van der Waals surface area contributed by atoms with Crippen LogP contribution in [0.2, 0.25) is 0 Å². The van der Waals surface area contributed by atoms with Crippen molar-refractivity contribution in [1.29, 1.82) is 0 Å². The lowest BCUT2D eigenvalue weighted by molar-refractivity contribution is 0.0957. The number of hydrogen-bond donors (Lipinski definition) is 1. The van der Waals surface area contributed by atoms with E-state index >= 15 is 0 Å². The third kappa shape index (κ3) is 2.98. The molecule has 1 unspecified atom stereocenters. The molecular formula is C14H13BrFNOS. The molecule has 0 saturated heterocycles. The third-order valence-electron chi connectivity index (χ3n) is 3.30. The molecule has 0 aliphatic heterocycles. The second-order valence-electron chi connectivity index (χ2n) is 4.86. The van der Waals surface area contributed by atoms with E-state index in [9.17, 15) is 9.18 Å². The maximum Gasteiger partial charge on any atom is 0.261 e.